The average molecular weight is 459 g/mol. The number of aryl methyl sites for hydroxylation is 1. The molecule has 0 spiro atoms. The molecular formula is C25H26N6OS. The lowest BCUT2D eigenvalue weighted by atomic mass is 10.1. The Morgan fingerprint density at radius 2 is 1.73 bits per heavy atom. The number of aromatic nitrogens is 2. The second kappa shape index (κ2) is 10.4. The maximum Gasteiger partial charge on any atom is 0.234 e. The molecule has 1 amide bonds. The maximum atomic E-state index is 12.4. The summed E-state index contributed by atoms with van der Waals surface area (Å²) >= 11 is 1.38. The van der Waals surface area contributed by atoms with E-state index in [1.807, 2.05) is 0 Å². The number of rotatable bonds is 6. The number of carbonyl (C=O) groups is 1. The Hall–Kier alpha value is -3.57. The third kappa shape index (κ3) is 5.44. The summed E-state index contributed by atoms with van der Waals surface area (Å²) in [7, 11) is 0. The molecule has 1 saturated heterocycles. The Morgan fingerprint density at radius 3 is 2.45 bits per heavy atom. The lowest BCUT2D eigenvalue weighted by Crippen LogP contribution is -2.47. The normalized spacial score (nSPS) is 13.5. The van der Waals surface area contributed by atoms with Crippen LogP contribution in [0.2, 0.25) is 0 Å². The van der Waals surface area contributed by atoms with E-state index < -0.39 is 0 Å². The second-order valence-electron chi connectivity index (χ2n) is 7.90. The molecule has 2 aromatic carbocycles. The van der Waals surface area contributed by atoms with Gasteiger partial charge in [-0.1, -0.05) is 23.9 Å². The minimum atomic E-state index is -0.124. The number of thioether (sulfide) groups is 1. The minimum absolute atomic E-state index is 0.124. The van der Waals surface area contributed by atoms with E-state index in [-0.39, 0.29) is 11.7 Å². The highest BCUT2D eigenvalue weighted by Gasteiger charge is 2.22. The van der Waals surface area contributed by atoms with Gasteiger partial charge in [-0.05, 0) is 55.3 Å². The first-order valence-corrected chi connectivity index (χ1v) is 11.8. The highest BCUT2D eigenvalue weighted by atomic mass is 32.2. The molecule has 1 fully saturated rings. The fourth-order valence-electron chi connectivity index (χ4n) is 3.83. The van der Waals surface area contributed by atoms with Gasteiger partial charge in [0.2, 0.25) is 5.91 Å². The van der Waals surface area contributed by atoms with Crippen LogP contribution in [0.15, 0.2) is 59.9 Å². The van der Waals surface area contributed by atoms with Crippen molar-refractivity contribution in [2.45, 2.75) is 18.9 Å². The Morgan fingerprint density at radius 1 is 1.03 bits per heavy atom. The van der Waals surface area contributed by atoms with Crippen molar-refractivity contribution in [3.8, 4) is 6.07 Å². The predicted molar refractivity (Wildman–Crippen MR) is 133 cm³/mol. The third-order valence-electron chi connectivity index (χ3n) is 5.78. The van der Waals surface area contributed by atoms with Crippen molar-refractivity contribution < 1.29 is 4.79 Å². The summed E-state index contributed by atoms with van der Waals surface area (Å²) in [6, 6.07) is 15.3. The number of hydrogen-bond acceptors (Lipinski definition) is 7. The number of amides is 1. The van der Waals surface area contributed by atoms with Gasteiger partial charge in [0, 0.05) is 49.9 Å². The number of hydrogen-bond donors (Lipinski definition) is 1. The van der Waals surface area contributed by atoms with E-state index in [9.17, 15) is 4.79 Å². The van der Waals surface area contributed by atoms with Gasteiger partial charge in [-0.25, -0.2) is 9.97 Å². The molecular weight excluding hydrogens is 432 g/mol. The fraction of sp³-hybridized carbons (Fsp3) is 0.280. The summed E-state index contributed by atoms with van der Waals surface area (Å²) in [6.07, 6.45) is 3.37. The zero-order valence-corrected chi connectivity index (χ0v) is 19.6. The summed E-state index contributed by atoms with van der Waals surface area (Å²) in [4.78, 5) is 26.2. The summed E-state index contributed by atoms with van der Waals surface area (Å²) in [6.45, 7) is 7.83. The molecule has 2 heterocycles. The number of benzene rings is 2. The first kappa shape index (κ1) is 22.6. The quantitative estimate of drug-likeness (QED) is 0.558. The van der Waals surface area contributed by atoms with Crippen LogP contribution in [0, 0.1) is 25.2 Å². The van der Waals surface area contributed by atoms with Crippen LogP contribution in [0.4, 0.5) is 17.2 Å². The second-order valence-corrected chi connectivity index (χ2v) is 8.87. The number of anilines is 3. The highest BCUT2D eigenvalue weighted by molar-refractivity contribution is 8.00. The number of nitrogens with zero attached hydrogens (tertiary/aromatic N) is 5. The molecule has 168 valence electrons. The first-order valence-electron chi connectivity index (χ1n) is 10.8. The zero-order chi connectivity index (χ0) is 23.2. The Kier molecular flexibility index (Phi) is 7.10. The van der Waals surface area contributed by atoms with Gasteiger partial charge in [0.25, 0.3) is 0 Å². The van der Waals surface area contributed by atoms with E-state index >= 15 is 0 Å². The van der Waals surface area contributed by atoms with E-state index in [2.05, 4.69) is 63.2 Å². The SMILES string of the molecule is Cc1cccc(N2CCN(c3nccnc3SCC(=O)Nc3ccc(C#N)cc3)CC2)c1C. The van der Waals surface area contributed by atoms with E-state index in [1.165, 1.54) is 28.6 Å². The van der Waals surface area contributed by atoms with Gasteiger partial charge in [0.05, 0.1) is 17.4 Å². The fourth-order valence-corrected chi connectivity index (χ4v) is 4.62. The van der Waals surface area contributed by atoms with Crippen molar-refractivity contribution >= 4 is 34.9 Å². The van der Waals surface area contributed by atoms with E-state index in [1.54, 1.807) is 36.7 Å². The molecule has 1 N–H and O–H groups in total. The van der Waals surface area contributed by atoms with Crippen LogP contribution in [0.1, 0.15) is 16.7 Å². The van der Waals surface area contributed by atoms with Crippen LogP contribution in [0.3, 0.4) is 0 Å². The van der Waals surface area contributed by atoms with Gasteiger partial charge in [0.15, 0.2) is 5.82 Å². The minimum Gasteiger partial charge on any atom is -0.368 e. The largest absolute Gasteiger partial charge is 0.368 e. The topological polar surface area (TPSA) is 85.2 Å². The van der Waals surface area contributed by atoms with Crippen molar-refractivity contribution in [2.24, 2.45) is 0 Å². The number of nitrogens with one attached hydrogen (secondary N) is 1. The molecule has 8 heteroatoms. The Labute approximate surface area is 198 Å². The van der Waals surface area contributed by atoms with Crippen LogP contribution in [-0.4, -0.2) is 47.8 Å². The molecule has 0 saturated carbocycles. The van der Waals surface area contributed by atoms with Gasteiger partial charge < -0.3 is 15.1 Å². The number of nitriles is 1. The van der Waals surface area contributed by atoms with Crippen LogP contribution >= 0.6 is 11.8 Å². The first-order chi connectivity index (χ1) is 16.0. The average Bonchev–Trinajstić information content (AvgIpc) is 2.85. The molecule has 3 aromatic rings. The molecule has 0 aliphatic carbocycles. The molecule has 1 aromatic heterocycles. The molecule has 33 heavy (non-hydrogen) atoms. The van der Waals surface area contributed by atoms with Crippen LogP contribution in [-0.2, 0) is 4.79 Å². The van der Waals surface area contributed by atoms with Crippen molar-refractivity contribution in [3.05, 3.63) is 71.5 Å². The van der Waals surface area contributed by atoms with Crippen molar-refractivity contribution in [2.75, 3.05) is 47.0 Å². The van der Waals surface area contributed by atoms with Gasteiger partial charge in [-0.15, -0.1) is 0 Å². The van der Waals surface area contributed by atoms with Gasteiger partial charge in [-0.2, -0.15) is 5.26 Å². The number of piperazine rings is 1. The summed E-state index contributed by atoms with van der Waals surface area (Å²) in [5.74, 6) is 0.934. The summed E-state index contributed by atoms with van der Waals surface area (Å²) < 4.78 is 0. The van der Waals surface area contributed by atoms with E-state index in [0.29, 0.717) is 11.3 Å². The van der Waals surface area contributed by atoms with Gasteiger partial charge in [-0.3, -0.25) is 4.79 Å². The maximum absolute atomic E-state index is 12.4. The Balaban J connectivity index is 1.36. The van der Waals surface area contributed by atoms with Crippen LogP contribution in [0.5, 0.6) is 0 Å². The van der Waals surface area contributed by atoms with Crippen LogP contribution in [0.25, 0.3) is 0 Å². The molecule has 7 nitrogen and oxygen atoms in total. The lowest BCUT2D eigenvalue weighted by Gasteiger charge is -2.37. The Bertz CT molecular complexity index is 1170. The van der Waals surface area contributed by atoms with E-state index in [0.717, 1.165) is 37.0 Å². The molecule has 0 atom stereocenters. The highest BCUT2D eigenvalue weighted by Crippen LogP contribution is 2.29. The molecule has 1 aliphatic heterocycles. The summed E-state index contributed by atoms with van der Waals surface area (Å²) in [5.41, 5.74) is 5.16. The molecule has 4 rings (SSSR count). The van der Waals surface area contributed by atoms with Gasteiger partial charge in [0.1, 0.15) is 5.03 Å². The molecule has 0 bridgehead atoms. The predicted octanol–water partition coefficient (Wildman–Crippen LogP) is 4.02. The monoisotopic (exact) mass is 458 g/mol. The summed E-state index contributed by atoms with van der Waals surface area (Å²) in [5, 5.41) is 12.5. The molecule has 0 unspecified atom stereocenters. The van der Waals surface area contributed by atoms with Crippen molar-refractivity contribution in [1.82, 2.24) is 9.97 Å². The van der Waals surface area contributed by atoms with Crippen molar-refractivity contribution in [1.29, 1.82) is 5.26 Å². The number of carbonyl (C=O) groups excluding carboxylic acids is 1. The molecule has 0 radical (unpaired) electrons. The molecule has 1 aliphatic rings. The van der Waals surface area contributed by atoms with Gasteiger partial charge >= 0.3 is 0 Å². The smallest absolute Gasteiger partial charge is 0.234 e. The standard InChI is InChI=1S/C25H26N6OS/c1-18-4-3-5-22(19(18)2)30-12-14-31(15-13-30)24-25(28-11-10-27-24)33-17-23(32)29-21-8-6-20(16-26)7-9-21/h3-11H,12-15,17H2,1-2H3,(H,29,32). The van der Waals surface area contributed by atoms with Crippen LogP contribution < -0.4 is 15.1 Å². The lowest BCUT2D eigenvalue weighted by molar-refractivity contribution is -0.113. The van der Waals surface area contributed by atoms with Crippen molar-refractivity contribution in [3.63, 3.8) is 0 Å². The van der Waals surface area contributed by atoms with E-state index in [4.69, 9.17) is 5.26 Å². The third-order valence-corrected chi connectivity index (χ3v) is 6.75. The zero-order valence-electron chi connectivity index (χ0n) is 18.8.